The predicted octanol–water partition coefficient (Wildman–Crippen LogP) is 3.48. The Morgan fingerprint density at radius 3 is 2.51 bits per heavy atom. The standard InChI is InChI=1S/C26H27F2N5O4/c1-5-26(28)12-20(31-24(36)37-25(2,3)4)23(35)33(14-16-8-6-15(13-29)7-9-16)21-10-17(22(34)32-30)19(27)11-18(21)26/h5-11,20H,1,12,14,30H2,2-4H3,(H,31,36)(H,32,34). The number of anilines is 1. The van der Waals surface area contributed by atoms with E-state index in [2.05, 4.69) is 11.9 Å². The predicted molar refractivity (Wildman–Crippen MR) is 131 cm³/mol. The van der Waals surface area contributed by atoms with Crippen LogP contribution >= 0.6 is 0 Å². The highest BCUT2D eigenvalue weighted by Gasteiger charge is 2.45. The van der Waals surface area contributed by atoms with Crippen LogP contribution < -0.4 is 21.5 Å². The zero-order valence-corrected chi connectivity index (χ0v) is 20.6. The summed E-state index contributed by atoms with van der Waals surface area (Å²) >= 11 is 0. The molecule has 2 aromatic carbocycles. The van der Waals surface area contributed by atoms with Crippen molar-refractivity contribution in [1.29, 1.82) is 5.26 Å². The third-order valence-electron chi connectivity index (χ3n) is 5.70. The molecule has 0 bridgehead atoms. The molecule has 11 heteroatoms. The van der Waals surface area contributed by atoms with Crippen molar-refractivity contribution < 1.29 is 27.9 Å². The summed E-state index contributed by atoms with van der Waals surface area (Å²) in [6, 6.07) is 8.67. The number of hydrazine groups is 1. The number of rotatable bonds is 5. The van der Waals surface area contributed by atoms with Crippen LogP contribution in [0.3, 0.4) is 0 Å². The van der Waals surface area contributed by atoms with Gasteiger partial charge in [0.05, 0.1) is 29.4 Å². The van der Waals surface area contributed by atoms with E-state index < -0.39 is 53.0 Å². The van der Waals surface area contributed by atoms with Crippen LogP contribution in [0.25, 0.3) is 0 Å². The quantitative estimate of drug-likeness (QED) is 0.243. The average molecular weight is 512 g/mol. The fourth-order valence-electron chi connectivity index (χ4n) is 3.96. The molecule has 0 saturated carbocycles. The van der Waals surface area contributed by atoms with E-state index in [1.54, 1.807) is 32.9 Å². The van der Waals surface area contributed by atoms with Crippen LogP contribution in [0.4, 0.5) is 19.3 Å². The van der Waals surface area contributed by atoms with Crippen LogP contribution in [0, 0.1) is 17.1 Å². The lowest BCUT2D eigenvalue weighted by Crippen LogP contribution is -2.50. The monoisotopic (exact) mass is 511 g/mol. The summed E-state index contributed by atoms with van der Waals surface area (Å²) in [5, 5.41) is 11.5. The lowest BCUT2D eigenvalue weighted by molar-refractivity contribution is -0.121. The van der Waals surface area contributed by atoms with Crippen molar-refractivity contribution in [1.82, 2.24) is 10.7 Å². The number of allylic oxidation sites excluding steroid dienone is 1. The maximum atomic E-state index is 16.4. The number of carbonyl (C=O) groups excluding carboxylic acids is 3. The van der Waals surface area contributed by atoms with E-state index in [1.165, 1.54) is 12.1 Å². The number of hydrogen-bond acceptors (Lipinski definition) is 6. The molecule has 3 rings (SSSR count). The minimum atomic E-state index is -2.47. The van der Waals surface area contributed by atoms with Crippen molar-refractivity contribution in [3.63, 3.8) is 0 Å². The van der Waals surface area contributed by atoms with Crippen LogP contribution in [0.5, 0.6) is 0 Å². The number of halogens is 2. The maximum Gasteiger partial charge on any atom is 0.408 e. The number of nitrogens with zero attached hydrogens (tertiary/aromatic N) is 2. The van der Waals surface area contributed by atoms with Gasteiger partial charge in [-0.3, -0.25) is 15.0 Å². The van der Waals surface area contributed by atoms with E-state index in [0.29, 0.717) is 11.1 Å². The molecule has 37 heavy (non-hydrogen) atoms. The van der Waals surface area contributed by atoms with Crippen molar-refractivity contribution in [2.24, 2.45) is 5.84 Å². The highest BCUT2D eigenvalue weighted by molar-refractivity contribution is 6.02. The van der Waals surface area contributed by atoms with E-state index in [-0.39, 0.29) is 17.8 Å². The van der Waals surface area contributed by atoms with E-state index in [1.807, 2.05) is 11.5 Å². The molecular weight excluding hydrogens is 484 g/mol. The summed E-state index contributed by atoms with van der Waals surface area (Å²) in [5.41, 5.74) is -1.48. The van der Waals surface area contributed by atoms with E-state index >= 15 is 4.39 Å². The molecule has 0 aliphatic carbocycles. The molecule has 0 aromatic heterocycles. The summed E-state index contributed by atoms with van der Waals surface area (Å²) in [4.78, 5) is 39.6. The molecule has 2 unspecified atom stereocenters. The SMILES string of the molecule is C=CC1(F)CC(NC(=O)OC(C)(C)C)C(=O)N(Cc2ccc(C#N)cc2)c2cc(C(=O)NN)c(F)cc21. The Morgan fingerprint density at radius 1 is 1.32 bits per heavy atom. The molecule has 0 spiro atoms. The third kappa shape index (κ3) is 5.92. The Hall–Kier alpha value is -4.30. The van der Waals surface area contributed by atoms with Crippen LogP contribution in [0.1, 0.15) is 54.2 Å². The largest absolute Gasteiger partial charge is 0.444 e. The lowest BCUT2D eigenvalue weighted by atomic mass is 9.88. The second-order valence-corrected chi connectivity index (χ2v) is 9.53. The van der Waals surface area contributed by atoms with Gasteiger partial charge >= 0.3 is 6.09 Å². The van der Waals surface area contributed by atoms with Crippen molar-refractivity contribution >= 4 is 23.6 Å². The van der Waals surface area contributed by atoms with Gasteiger partial charge in [-0.1, -0.05) is 24.8 Å². The number of amides is 3. The van der Waals surface area contributed by atoms with E-state index in [9.17, 15) is 18.8 Å². The first-order valence-electron chi connectivity index (χ1n) is 11.3. The number of benzene rings is 2. The molecule has 0 fully saturated rings. The van der Waals surface area contributed by atoms with E-state index in [0.717, 1.165) is 23.1 Å². The molecule has 0 radical (unpaired) electrons. The van der Waals surface area contributed by atoms with Crippen molar-refractivity contribution in [2.75, 3.05) is 4.90 Å². The first-order valence-corrected chi connectivity index (χ1v) is 11.3. The fourth-order valence-corrected chi connectivity index (χ4v) is 3.96. The van der Waals surface area contributed by atoms with E-state index in [4.69, 9.17) is 15.8 Å². The van der Waals surface area contributed by atoms with Gasteiger partial charge in [0.1, 0.15) is 17.5 Å². The molecule has 0 saturated heterocycles. The Kier molecular flexibility index (Phi) is 7.64. The second-order valence-electron chi connectivity index (χ2n) is 9.53. The number of ether oxygens (including phenoxy) is 1. The molecule has 1 aliphatic heterocycles. The number of hydrogen-bond donors (Lipinski definition) is 3. The Balaban J connectivity index is 2.18. The topological polar surface area (TPSA) is 138 Å². The zero-order valence-electron chi connectivity index (χ0n) is 20.6. The van der Waals surface area contributed by atoms with Gasteiger partial charge in [-0.2, -0.15) is 5.26 Å². The Bertz CT molecular complexity index is 1280. The number of fused-ring (bicyclic) bond motifs is 1. The smallest absolute Gasteiger partial charge is 0.408 e. The average Bonchev–Trinajstić information content (AvgIpc) is 2.92. The van der Waals surface area contributed by atoms with Gasteiger partial charge in [-0.05, 0) is 50.6 Å². The third-order valence-corrected chi connectivity index (χ3v) is 5.70. The van der Waals surface area contributed by atoms with Gasteiger partial charge < -0.3 is 15.0 Å². The van der Waals surface area contributed by atoms with Crippen molar-refractivity contribution in [2.45, 2.75) is 51.0 Å². The Morgan fingerprint density at radius 2 is 1.97 bits per heavy atom. The first-order chi connectivity index (χ1) is 17.3. The summed E-state index contributed by atoms with van der Waals surface area (Å²) in [7, 11) is 0. The Labute approximate surface area is 212 Å². The number of nitrogens with two attached hydrogens (primary N) is 1. The van der Waals surface area contributed by atoms with Gasteiger partial charge in [-0.25, -0.2) is 19.4 Å². The van der Waals surface area contributed by atoms with Crippen LogP contribution in [-0.4, -0.2) is 29.6 Å². The molecule has 194 valence electrons. The van der Waals surface area contributed by atoms with Crippen molar-refractivity contribution in [3.05, 3.63) is 77.1 Å². The van der Waals surface area contributed by atoms with Crippen LogP contribution in [0.2, 0.25) is 0 Å². The van der Waals surface area contributed by atoms with Gasteiger partial charge in [0.15, 0.2) is 5.67 Å². The molecule has 3 amide bonds. The molecule has 9 nitrogen and oxygen atoms in total. The van der Waals surface area contributed by atoms with Crippen molar-refractivity contribution in [3.8, 4) is 6.07 Å². The van der Waals surface area contributed by atoms with Gasteiger partial charge in [0.25, 0.3) is 5.91 Å². The highest BCUT2D eigenvalue weighted by Crippen LogP contribution is 2.43. The summed E-state index contributed by atoms with van der Waals surface area (Å²) in [5.74, 6) is 2.40. The minimum absolute atomic E-state index is 0.106. The number of carbonyl (C=O) groups is 3. The minimum Gasteiger partial charge on any atom is -0.444 e. The highest BCUT2D eigenvalue weighted by atomic mass is 19.1. The number of nitrogens with one attached hydrogen (secondary N) is 2. The molecule has 1 heterocycles. The molecular formula is C26H27F2N5O4. The second kappa shape index (κ2) is 10.4. The maximum absolute atomic E-state index is 16.4. The number of alkyl carbamates (subject to hydrolysis) is 1. The molecule has 2 atom stereocenters. The summed E-state index contributed by atoms with van der Waals surface area (Å²) in [6.45, 7) is 8.27. The van der Waals surface area contributed by atoms with Gasteiger partial charge in [0.2, 0.25) is 5.91 Å². The number of nitriles is 1. The van der Waals surface area contributed by atoms with Crippen LogP contribution in [0.15, 0.2) is 49.1 Å². The number of alkyl halides is 1. The van der Waals surface area contributed by atoms with Gasteiger partial charge in [0, 0.05) is 12.0 Å². The zero-order chi connectivity index (χ0) is 27.5. The molecule has 1 aliphatic rings. The normalized spacial score (nSPS) is 19.2. The molecule has 4 N–H and O–H groups in total. The van der Waals surface area contributed by atoms with Gasteiger partial charge in [-0.15, -0.1) is 0 Å². The first kappa shape index (κ1) is 27.3. The summed E-state index contributed by atoms with van der Waals surface area (Å²) in [6.07, 6.45) is -0.639. The van der Waals surface area contributed by atoms with Crippen LogP contribution in [-0.2, 0) is 21.7 Å². The fraction of sp³-hybridized carbons (Fsp3) is 0.308. The lowest BCUT2D eigenvalue weighted by Gasteiger charge is -2.27. The molecule has 2 aromatic rings. The summed E-state index contributed by atoms with van der Waals surface area (Å²) < 4.78 is 36.5. The number of nitrogen functional groups attached to an aromatic ring is 1.